The highest BCUT2D eigenvalue weighted by atomic mass is 19.1. The van der Waals surface area contributed by atoms with Gasteiger partial charge in [0.1, 0.15) is 0 Å². The maximum Gasteiger partial charge on any atom is 0.165 e. The van der Waals surface area contributed by atoms with Gasteiger partial charge in [0, 0.05) is 12.6 Å². The Morgan fingerprint density at radius 2 is 2.11 bits per heavy atom. The molecule has 4 heteroatoms. The van der Waals surface area contributed by atoms with E-state index in [1.807, 2.05) is 20.2 Å². The second kappa shape index (κ2) is 7.34. The number of hydrogen-bond acceptors (Lipinski definition) is 3. The second-order valence-corrected chi connectivity index (χ2v) is 4.69. The van der Waals surface area contributed by atoms with Crippen LogP contribution in [0.5, 0.6) is 5.75 Å². The van der Waals surface area contributed by atoms with Gasteiger partial charge in [0.25, 0.3) is 0 Å². The van der Waals surface area contributed by atoms with Crippen LogP contribution in [-0.4, -0.2) is 45.2 Å². The molecule has 0 aromatic heterocycles. The number of benzene rings is 1. The number of rotatable bonds is 7. The van der Waals surface area contributed by atoms with Crippen LogP contribution in [0, 0.1) is 5.82 Å². The molecule has 102 valence electrons. The Kier molecular flexibility index (Phi) is 6.09. The van der Waals surface area contributed by atoms with E-state index in [0.717, 1.165) is 25.1 Å². The first-order chi connectivity index (χ1) is 8.56. The van der Waals surface area contributed by atoms with Gasteiger partial charge in [-0.3, -0.25) is 0 Å². The zero-order chi connectivity index (χ0) is 13.5. The molecule has 0 aliphatic rings. The van der Waals surface area contributed by atoms with E-state index in [1.54, 1.807) is 12.1 Å². The lowest BCUT2D eigenvalue weighted by molar-refractivity contribution is 0.338. The third kappa shape index (κ3) is 4.63. The summed E-state index contributed by atoms with van der Waals surface area (Å²) < 4.78 is 18.5. The Labute approximate surface area is 109 Å². The topological polar surface area (TPSA) is 24.5 Å². The van der Waals surface area contributed by atoms with Gasteiger partial charge in [-0.15, -0.1) is 0 Å². The Bertz CT molecular complexity index is 369. The maximum absolute atomic E-state index is 13.6. The third-order valence-electron chi connectivity index (χ3n) is 2.78. The fraction of sp³-hybridized carbons (Fsp3) is 0.571. The molecular formula is C14H23FN2O. The standard InChI is InChI=1S/C14H23FN2O/c1-5-16-12(10-17(2)3)8-11-6-7-14(18-4)13(15)9-11/h6-7,9,12,16H,5,8,10H2,1-4H3. The summed E-state index contributed by atoms with van der Waals surface area (Å²) in [5.74, 6) is 0.00135. The molecule has 18 heavy (non-hydrogen) atoms. The van der Waals surface area contributed by atoms with Crippen LogP contribution in [-0.2, 0) is 6.42 Å². The number of ether oxygens (including phenoxy) is 1. The van der Waals surface area contributed by atoms with Crippen molar-refractivity contribution < 1.29 is 9.13 Å². The van der Waals surface area contributed by atoms with Gasteiger partial charge in [-0.25, -0.2) is 4.39 Å². The smallest absolute Gasteiger partial charge is 0.165 e. The van der Waals surface area contributed by atoms with Crippen LogP contribution in [0.4, 0.5) is 4.39 Å². The van der Waals surface area contributed by atoms with Gasteiger partial charge in [-0.1, -0.05) is 13.0 Å². The van der Waals surface area contributed by atoms with Crippen molar-refractivity contribution in [1.82, 2.24) is 10.2 Å². The molecule has 0 radical (unpaired) electrons. The van der Waals surface area contributed by atoms with Crippen molar-refractivity contribution in [3.05, 3.63) is 29.6 Å². The normalized spacial score (nSPS) is 12.8. The third-order valence-corrected chi connectivity index (χ3v) is 2.78. The maximum atomic E-state index is 13.6. The fourth-order valence-electron chi connectivity index (χ4n) is 2.05. The van der Waals surface area contributed by atoms with Crippen molar-refractivity contribution in [1.29, 1.82) is 0 Å². The molecule has 0 aliphatic heterocycles. The summed E-state index contributed by atoms with van der Waals surface area (Å²) in [5, 5.41) is 3.42. The molecule has 0 bridgehead atoms. The summed E-state index contributed by atoms with van der Waals surface area (Å²) in [4.78, 5) is 2.13. The van der Waals surface area contributed by atoms with Crippen molar-refractivity contribution in [3.8, 4) is 5.75 Å². The molecule has 3 nitrogen and oxygen atoms in total. The average Bonchev–Trinajstić information content (AvgIpc) is 2.28. The van der Waals surface area contributed by atoms with Crippen LogP contribution >= 0.6 is 0 Å². The van der Waals surface area contributed by atoms with Crippen LogP contribution in [0.25, 0.3) is 0 Å². The van der Waals surface area contributed by atoms with Gasteiger partial charge in [-0.2, -0.15) is 0 Å². The molecule has 0 aliphatic carbocycles. The van der Waals surface area contributed by atoms with Crippen molar-refractivity contribution >= 4 is 0 Å². The molecule has 1 aromatic rings. The highest BCUT2D eigenvalue weighted by Crippen LogP contribution is 2.18. The van der Waals surface area contributed by atoms with Crippen molar-refractivity contribution in [2.24, 2.45) is 0 Å². The summed E-state index contributed by atoms with van der Waals surface area (Å²) in [6, 6.07) is 5.49. The first kappa shape index (κ1) is 14.9. The van der Waals surface area contributed by atoms with E-state index in [9.17, 15) is 4.39 Å². The average molecular weight is 254 g/mol. The van der Waals surface area contributed by atoms with Crippen molar-refractivity contribution in [3.63, 3.8) is 0 Å². The molecule has 1 atom stereocenters. The molecule has 0 heterocycles. The summed E-state index contributed by atoms with van der Waals surface area (Å²) in [7, 11) is 5.56. The second-order valence-electron chi connectivity index (χ2n) is 4.69. The molecule has 0 saturated heterocycles. The Morgan fingerprint density at radius 1 is 1.39 bits per heavy atom. The highest BCUT2D eigenvalue weighted by molar-refractivity contribution is 5.29. The van der Waals surface area contributed by atoms with Crippen LogP contribution in [0.1, 0.15) is 12.5 Å². The highest BCUT2D eigenvalue weighted by Gasteiger charge is 2.11. The van der Waals surface area contributed by atoms with Crippen LogP contribution in [0.2, 0.25) is 0 Å². The predicted octanol–water partition coefficient (Wildman–Crippen LogP) is 1.92. The molecule has 0 amide bonds. The largest absolute Gasteiger partial charge is 0.494 e. The summed E-state index contributed by atoms with van der Waals surface area (Å²) in [6.07, 6.45) is 0.812. The van der Waals surface area contributed by atoms with Crippen molar-refractivity contribution in [2.75, 3.05) is 34.3 Å². The number of hydrogen-bond donors (Lipinski definition) is 1. The lowest BCUT2D eigenvalue weighted by atomic mass is 10.1. The number of likely N-dealkylation sites (N-methyl/N-ethyl adjacent to an activating group) is 2. The predicted molar refractivity (Wildman–Crippen MR) is 72.7 cm³/mol. The molecule has 1 unspecified atom stereocenters. The lowest BCUT2D eigenvalue weighted by Crippen LogP contribution is -2.39. The number of methoxy groups -OCH3 is 1. The summed E-state index contributed by atoms with van der Waals surface area (Å²) in [6.45, 7) is 3.93. The summed E-state index contributed by atoms with van der Waals surface area (Å²) in [5.41, 5.74) is 0.987. The Hall–Kier alpha value is -1.13. The zero-order valence-corrected chi connectivity index (χ0v) is 11.7. The van der Waals surface area contributed by atoms with Crippen LogP contribution in [0.15, 0.2) is 18.2 Å². The van der Waals surface area contributed by atoms with Gasteiger partial charge in [0.05, 0.1) is 7.11 Å². The van der Waals surface area contributed by atoms with E-state index in [0.29, 0.717) is 11.8 Å². The van der Waals surface area contributed by atoms with E-state index in [4.69, 9.17) is 4.74 Å². The molecule has 1 N–H and O–H groups in total. The minimum atomic E-state index is -0.296. The molecule has 0 saturated carbocycles. The van der Waals surface area contributed by atoms with Gasteiger partial charge in [0.2, 0.25) is 0 Å². The van der Waals surface area contributed by atoms with E-state index in [-0.39, 0.29) is 5.82 Å². The molecule has 1 aromatic carbocycles. The van der Waals surface area contributed by atoms with Crippen LogP contribution in [0.3, 0.4) is 0 Å². The number of halogens is 1. The van der Waals surface area contributed by atoms with E-state index >= 15 is 0 Å². The van der Waals surface area contributed by atoms with E-state index in [2.05, 4.69) is 17.1 Å². The van der Waals surface area contributed by atoms with Gasteiger partial charge < -0.3 is 15.0 Å². The molecule has 0 fully saturated rings. The van der Waals surface area contributed by atoms with Crippen molar-refractivity contribution in [2.45, 2.75) is 19.4 Å². The zero-order valence-electron chi connectivity index (χ0n) is 11.7. The van der Waals surface area contributed by atoms with Gasteiger partial charge in [0.15, 0.2) is 11.6 Å². The minimum absolute atomic E-state index is 0.296. The Morgan fingerprint density at radius 3 is 2.61 bits per heavy atom. The Balaban J connectivity index is 2.71. The van der Waals surface area contributed by atoms with E-state index < -0.39 is 0 Å². The first-order valence-electron chi connectivity index (χ1n) is 6.27. The molecular weight excluding hydrogens is 231 g/mol. The summed E-state index contributed by atoms with van der Waals surface area (Å²) >= 11 is 0. The van der Waals surface area contributed by atoms with Gasteiger partial charge >= 0.3 is 0 Å². The minimum Gasteiger partial charge on any atom is -0.494 e. The first-order valence-corrected chi connectivity index (χ1v) is 6.27. The van der Waals surface area contributed by atoms with Gasteiger partial charge in [-0.05, 0) is 44.8 Å². The fourth-order valence-corrected chi connectivity index (χ4v) is 2.05. The quantitative estimate of drug-likeness (QED) is 0.804. The molecule has 0 spiro atoms. The molecule has 1 rings (SSSR count). The number of nitrogens with zero attached hydrogens (tertiary/aromatic N) is 1. The number of nitrogens with one attached hydrogen (secondary N) is 1. The lowest BCUT2D eigenvalue weighted by Gasteiger charge is -2.22. The van der Waals surface area contributed by atoms with E-state index in [1.165, 1.54) is 7.11 Å². The SMILES string of the molecule is CCNC(Cc1ccc(OC)c(F)c1)CN(C)C. The van der Waals surface area contributed by atoms with Crippen LogP contribution < -0.4 is 10.1 Å². The monoisotopic (exact) mass is 254 g/mol.